The van der Waals surface area contributed by atoms with Gasteiger partial charge in [0.1, 0.15) is 0 Å². The second-order valence-corrected chi connectivity index (χ2v) is 4.89. The predicted molar refractivity (Wildman–Crippen MR) is 53.7 cm³/mol. The molecule has 0 aromatic carbocycles. The van der Waals surface area contributed by atoms with E-state index in [1.54, 1.807) is 0 Å². The lowest BCUT2D eigenvalue weighted by atomic mass is 9.85. The molecule has 0 radical (unpaired) electrons. The third kappa shape index (κ3) is 3.93. The normalized spacial score (nSPS) is 21.9. The Bertz CT molecular complexity index is 229. The van der Waals surface area contributed by atoms with Crippen LogP contribution in [0.5, 0.6) is 0 Å². The standard InChI is InChI=1S/C9H17O4P/c1-2-9(13-14(10,11)12)8-6-4-3-5-7-8/h2,8-9H,1,3-7H2,(H2,10,11,12). The van der Waals surface area contributed by atoms with Crippen LogP contribution < -0.4 is 0 Å². The molecule has 1 saturated carbocycles. The van der Waals surface area contributed by atoms with Crippen LogP contribution in [-0.2, 0) is 9.09 Å². The van der Waals surface area contributed by atoms with Gasteiger partial charge in [-0.3, -0.25) is 4.52 Å². The van der Waals surface area contributed by atoms with Gasteiger partial charge in [0.05, 0.1) is 6.10 Å². The van der Waals surface area contributed by atoms with Gasteiger partial charge in [0, 0.05) is 0 Å². The summed E-state index contributed by atoms with van der Waals surface area (Å²) < 4.78 is 15.3. The highest BCUT2D eigenvalue weighted by molar-refractivity contribution is 7.46. The molecule has 0 spiro atoms. The van der Waals surface area contributed by atoms with E-state index in [0.29, 0.717) is 0 Å². The van der Waals surface area contributed by atoms with E-state index in [4.69, 9.17) is 9.79 Å². The van der Waals surface area contributed by atoms with E-state index in [1.807, 2.05) is 0 Å². The van der Waals surface area contributed by atoms with E-state index in [-0.39, 0.29) is 5.92 Å². The van der Waals surface area contributed by atoms with Crippen molar-refractivity contribution >= 4 is 7.82 Å². The van der Waals surface area contributed by atoms with E-state index >= 15 is 0 Å². The van der Waals surface area contributed by atoms with Crippen molar-refractivity contribution in [2.45, 2.75) is 38.2 Å². The summed E-state index contributed by atoms with van der Waals surface area (Å²) in [4.78, 5) is 17.4. The first-order valence-electron chi connectivity index (χ1n) is 4.89. The maximum Gasteiger partial charge on any atom is 0.470 e. The van der Waals surface area contributed by atoms with Crippen LogP contribution in [0, 0.1) is 5.92 Å². The zero-order valence-corrected chi connectivity index (χ0v) is 9.03. The Hall–Kier alpha value is -0.150. The minimum Gasteiger partial charge on any atom is -0.303 e. The summed E-state index contributed by atoms with van der Waals surface area (Å²) in [5.41, 5.74) is 0. The summed E-state index contributed by atoms with van der Waals surface area (Å²) in [6, 6.07) is 0. The first-order chi connectivity index (χ1) is 6.53. The lowest BCUT2D eigenvalue weighted by Gasteiger charge is -2.27. The highest BCUT2D eigenvalue weighted by Gasteiger charge is 2.28. The monoisotopic (exact) mass is 220 g/mol. The molecule has 0 bridgehead atoms. The Labute approximate surface area is 84.2 Å². The van der Waals surface area contributed by atoms with Crippen molar-refractivity contribution in [2.75, 3.05) is 0 Å². The van der Waals surface area contributed by atoms with Crippen molar-refractivity contribution in [3.05, 3.63) is 12.7 Å². The van der Waals surface area contributed by atoms with Crippen molar-refractivity contribution < 1.29 is 18.9 Å². The molecule has 0 aliphatic heterocycles. The topological polar surface area (TPSA) is 66.8 Å². The molecule has 14 heavy (non-hydrogen) atoms. The van der Waals surface area contributed by atoms with Crippen molar-refractivity contribution in [2.24, 2.45) is 5.92 Å². The molecule has 0 amide bonds. The summed E-state index contributed by atoms with van der Waals surface area (Å²) in [5.74, 6) is 0.217. The van der Waals surface area contributed by atoms with E-state index in [1.165, 1.54) is 12.5 Å². The fourth-order valence-corrected chi connectivity index (χ4v) is 2.52. The third-order valence-electron chi connectivity index (χ3n) is 2.61. The number of phosphoric acid groups is 1. The van der Waals surface area contributed by atoms with Crippen LogP contribution in [0.4, 0.5) is 0 Å². The molecule has 0 aromatic rings. The summed E-state index contributed by atoms with van der Waals surface area (Å²) in [6.07, 6.45) is 6.36. The second kappa shape index (κ2) is 5.08. The SMILES string of the molecule is C=CC(OP(=O)(O)O)C1CCCCC1. The van der Waals surface area contributed by atoms with Gasteiger partial charge >= 0.3 is 7.82 Å². The summed E-state index contributed by atoms with van der Waals surface area (Å²) in [5, 5.41) is 0. The summed E-state index contributed by atoms with van der Waals surface area (Å²) in [7, 11) is -4.38. The molecule has 0 aromatic heterocycles. The average molecular weight is 220 g/mol. The van der Waals surface area contributed by atoms with Crippen LogP contribution in [0.3, 0.4) is 0 Å². The van der Waals surface area contributed by atoms with Gasteiger partial charge in [-0.2, -0.15) is 0 Å². The zero-order valence-electron chi connectivity index (χ0n) is 8.13. The van der Waals surface area contributed by atoms with Gasteiger partial charge in [-0.05, 0) is 18.8 Å². The fraction of sp³-hybridized carbons (Fsp3) is 0.778. The van der Waals surface area contributed by atoms with Gasteiger partial charge in [0.2, 0.25) is 0 Å². The number of hydrogen-bond donors (Lipinski definition) is 2. The Balaban J connectivity index is 2.52. The molecule has 5 heteroatoms. The van der Waals surface area contributed by atoms with Gasteiger partial charge in [-0.1, -0.05) is 25.3 Å². The lowest BCUT2D eigenvalue weighted by molar-refractivity contribution is 0.103. The van der Waals surface area contributed by atoms with Crippen molar-refractivity contribution in [3.63, 3.8) is 0 Å². The van der Waals surface area contributed by atoms with E-state index in [2.05, 4.69) is 11.1 Å². The van der Waals surface area contributed by atoms with Gasteiger partial charge in [0.15, 0.2) is 0 Å². The first kappa shape index (κ1) is 11.9. The van der Waals surface area contributed by atoms with Crippen LogP contribution in [-0.4, -0.2) is 15.9 Å². The van der Waals surface area contributed by atoms with Gasteiger partial charge in [0.25, 0.3) is 0 Å². The largest absolute Gasteiger partial charge is 0.470 e. The van der Waals surface area contributed by atoms with Crippen LogP contribution >= 0.6 is 7.82 Å². The molecule has 0 saturated heterocycles. The lowest BCUT2D eigenvalue weighted by Crippen LogP contribution is -2.23. The molecule has 1 unspecified atom stereocenters. The Kier molecular flexibility index (Phi) is 4.32. The molecule has 1 atom stereocenters. The second-order valence-electron chi connectivity index (χ2n) is 3.69. The quantitative estimate of drug-likeness (QED) is 0.563. The van der Waals surface area contributed by atoms with E-state index in [9.17, 15) is 4.57 Å². The number of hydrogen-bond acceptors (Lipinski definition) is 2. The predicted octanol–water partition coefficient (Wildman–Crippen LogP) is 2.23. The molecule has 1 fully saturated rings. The molecule has 2 N–H and O–H groups in total. The van der Waals surface area contributed by atoms with E-state index in [0.717, 1.165) is 25.7 Å². The van der Waals surface area contributed by atoms with Crippen LogP contribution in [0.25, 0.3) is 0 Å². The van der Waals surface area contributed by atoms with E-state index < -0.39 is 13.9 Å². The Morgan fingerprint density at radius 3 is 2.36 bits per heavy atom. The average Bonchev–Trinajstić information content (AvgIpc) is 2.14. The third-order valence-corrected chi connectivity index (χ3v) is 3.12. The Morgan fingerprint density at radius 2 is 1.93 bits per heavy atom. The number of rotatable bonds is 4. The maximum absolute atomic E-state index is 10.7. The van der Waals surface area contributed by atoms with Crippen LogP contribution in [0.2, 0.25) is 0 Å². The van der Waals surface area contributed by atoms with Crippen molar-refractivity contribution in [3.8, 4) is 0 Å². The summed E-state index contributed by atoms with van der Waals surface area (Å²) >= 11 is 0. The number of phosphoric ester groups is 1. The van der Waals surface area contributed by atoms with Crippen molar-refractivity contribution in [1.82, 2.24) is 0 Å². The molecule has 4 nitrogen and oxygen atoms in total. The molecule has 1 rings (SSSR count). The molecule has 1 aliphatic carbocycles. The zero-order chi connectivity index (χ0) is 10.6. The van der Waals surface area contributed by atoms with Crippen LogP contribution in [0.1, 0.15) is 32.1 Å². The van der Waals surface area contributed by atoms with Crippen molar-refractivity contribution in [1.29, 1.82) is 0 Å². The molecule has 1 aliphatic rings. The molecule has 0 heterocycles. The summed E-state index contributed by atoms with van der Waals surface area (Å²) in [6.45, 7) is 3.55. The molecular weight excluding hydrogens is 203 g/mol. The first-order valence-corrected chi connectivity index (χ1v) is 6.42. The minimum atomic E-state index is -4.38. The highest BCUT2D eigenvalue weighted by atomic mass is 31.2. The molecular formula is C9H17O4P. The maximum atomic E-state index is 10.7. The molecule has 82 valence electrons. The minimum absolute atomic E-state index is 0.217. The highest BCUT2D eigenvalue weighted by Crippen LogP contribution is 2.41. The van der Waals surface area contributed by atoms with Gasteiger partial charge < -0.3 is 9.79 Å². The fourth-order valence-electron chi connectivity index (χ4n) is 1.94. The van der Waals surface area contributed by atoms with Gasteiger partial charge in [-0.15, -0.1) is 6.58 Å². The Morgan fingerprint density at radius 1 is 1.36 bits per heavy atom. The van der Waals surface area contributed by atoms with Crippen LogP contribution in [0.15, 0.2) is 12.7 Å². The van der Waals surface area contributed by atoms with Gasteiger partial charge in [-0.25, -0.2) is 4.57 Å². The smallest absolute Gasteiger partial charge is 0.303 e.